The number of carbonyl (C=O) groups excluding carboxylic acids is 2. The highest BCUT2D eigenvalue weighted by atomic mass is 32.2. The number of piperazine rings is 1. The van der Waals surface area contributed by atoms with Gasteiger partial charge >= 0.3 is 0 Å². The Bertz CT molecular complexity index is 769. The fraction of sp³-hybridized carbons (Fsp3) is 0.300. The van der Waals surface area contributed by atoms with Crippen LogP contribution < -0.4 is 0 Å². The number of carbonyl (C=O) groups is 2. The van der Waals surface area contributed by atoms with Crippen LogP contribution in [-0.2, 0) is 4.79 Å². The summed E-state index contributed by atoms with van der Waals surface area (Å²) in [5.74, 6) is 0.00763. The van der Waals surface area contributed by atoms with E-state index in [0.717, 1.165) is 4.90 Å². The van der Waals surface area contributed by atoms with Crippen molar-refractivity contribution in [2.45, 2.75) is 11.8 Å². The molecule has 2 amide bonds. The molecule has 26 heavy (non-hydrogen) atoms. The van der Waals surface area contributed by atoms with Crippen molar-refractivity contribution in [3.05, 3.63) is 65.5 Å². The van der Waals surface area contributed by atoms with Crippen molar-refractivity contribution in [1.82, 2.24) is 9.80 Å². The van der Waals surface area contributed by atoms with E-state index in [4.69, 9.17) is 0 Å². The maximum Gasteiger partial charge on any atom is 0.253 e. The smallest absolute Gasteiger partial charge is 0.253 e. The molecule has 0 aromatic heterocycles. The first kappa shape index (κ1) is 18.5. The highest BCUT2D eigenvalue weighted by Gasteiger charge is 2.24. The van der Waals surface area contributed by atoms with Crippen LogP contribution in [0.3, 0.4) is 0 Å². The molecule has 0 radical (unpaired) electrons. The molecule has 136 valence electrons. The summed E-state index contributed by atoms with van der Waals surface area (Å²) in [6, 6.07) is 13.7. The molecule has 0 spiro atoms. The molecule has 2 aromatic carbocycles. The molecule has 0 aliphatic carbocycles. The zero-order valence-electron chi connectivity index (χ0n) is 14.7. The molecule has 1 heterocycles. The predicted molar refractivity (Wildman–Crippen MR) is 101 cm³/mol. The molecular weight excluding hydrogens is 351 g/mol. The van der Waals surface area contributed by atoms with E-state index in [1.165, 1.54) is 41.6 Å². The van der Waals surface area contributed by atoms with Crippen LogP contribution in [0.4, 0.5) is 4.39 Å². The van der Waals surface area contributed by atoms with E-state index in [1.54, 1.807) is 9.80 Å². The minimum atomic E-state index is -0.358. The van der Waals surface area contributed by atoms with Crippen molar-refractivity contribution >= 4 is 23.6 Å². The molecule has 0 bridgehead atoms. The first-order chi connectivity index (χ1) is 12.5. The summed E-state index contributed by atoms with van der Waals surface area (Å²) < 4.78 is 13.0. The van der Waals surface area contributed by atoms with E-state index in [2.05, 4.69) is 0 Å². The number of rotatable bonds is 4. The van der Waals surface area contributed by atoms with E-state index in [-0.39, 0.29) is 17.6 Å². The summed E-state index contributed by atoms with van der Waals surface area (Å²) in [4.78, 5) is 29.4. The van der Waals surface area contributed by atoms with Gasteiger partial charge in [-0.15, -0.1) is 11.8 Å². The highest BCUT2D eigenvalue weighted by Crippen LogP contribution is 2.19. The van der Waals surface area contributed by atoms with E-state index >= 15 is 0 Å². The van der Waals surface area contributed by atoms with Crippen LogP contribution in [-0.4, -0.2) is 53.5 Å². The van der Waals surface area contributed by atoms with Crippen molar-refractivity contribution < 1.29 is 14.0 Å². The summed E-state index contributed by atoms with van der Waals surface area (Å²) in [6.07, 6.45) is 0. The molecule has 1 fully saturated rings. The Hall–Kier alpha value is -2.34. The third-order valence-corrected chi connectivity index (χ3v) is 5.39. The third kappa shape index (κ3) is 4.64. The SMILES string of the molecule is Cc1ccc(SCC(=O)N2CCN(C(=O)c3ccc(F)cc3)CC2)cc1. The number of hydrogen-bond donors (Lipinski definition) is 0. The van der Waals surface area contributed by atoms with Gasteiger partial charge in [0.2, 0.25) is 5.91 Å². The van der Waals surface area contributed by atoms with Gasteiger partial charge in [-0.25, -0.2) is 4.39 Å². The van der Waals surface area contributed by atoms with Gasteiger partial charge in [0.25, 0.3) is 5.91 Å². The number of hydrogen-bond acceptors (Lipinski definition) is 3. The van der Waals surface area contributed by atoms with Crippen molar-refractivity contribution in [1.29, 1.82) is 0 Å². The molecule has 1 aliphatic heterocycles. The van der Waals surface area contributed by atoms with Gasteiger partial charge in [-0.3, -0.25) is 9.59 Å². The van der Waals surface area contributed by atoms with Gasteiger partial charge in [-0.2, -0.15) is 0 Å². The Morgan fingerprint density at radius 2 is 1.50 bits per heavy atom. The van der Waals surface area contributed by atoms with Crippen LogP contribution in [0.1, 0.15) is 15.9 Å². The molecule has 1 aliphatic rings. The van der Waals surface area contributed by atoms with Crippen LogP contribution >= 0.6 is 11.8 Å². The predicted octanol–water partition coefficient (Wildman–Crippen LogP) is 3.21. The first-order valence-corrected chi connectivity index (χ1v) is 9.53. The summed E-state index contributed by atoms with van der Waals surface area (Å²) in [5.41, 5.74) is 1.67. The average Bonchev–Trinajstić information content (AvgIpc) is 2.67. The van der Waals surface area contributed by atoms with Gasteiger partial charge in [-0.05, 0) is 43.3 Å². The van der Waals surface area contributed by atoms with Crippen molar-refractivity contribution in [2.75, 3.05) is 31.9 Å². The summed E-state index contributed by atoms with van der Waals surface area (Å²) in [6.45, 7) is 4.08. The van der Waals surface area contributed by atoms with Gasteiger partial charge < -0.3 is 9.80 Å². The largest absolute Gasteiger partial charge is 0.338 e. The number of benzene rings is 2. The van der Waals surface area contributed by atoms with Gasteiger partial charge in [0, 0.05) is 36.6 Å². The minimum absolute atomic E-state index is 0.0875. The Morgan fingerprint density at radius 1 is 0.923 bits per heavy atom. The lowest BCUT2D eigenvalue weighted by Crippen LogP contribution is -2.51. The molecule has 6 heteroatoms. The number of amides is 2. The first-order valence-electron chi connectivity index (χ1n) is 8.55. The molecule has 3 rings (SSSR count). The maximum absolute atomic E-state index is 13.0. The molecule has 0 N–H and O–H groups in total. The fourth-order valence-corrected chi connectivity index (χ4v) is 3.61. The van der Waals surface area contributed by atoms with Crippen LogP contribution in [0.15, 0.2) is 53.4 Å². The van der Waals surface area contributed by atoms with Crippen LogP contribution in [0, 0.1) is 12.7 Å². The summed E-state index contributed by atoms with van der Waals surface area (Å²) in [7, 11) is 0. The van der Waals surface area contributed by atoms with Crippen LogP contribution in [0.5, 0.6) is 0 Å². The molecule has 0 saturated carbocycles. The molecular formula is C20H21FN2O2S. The number of aryl methyl sites for hydroxylation is 1. The lowest BCUT2D eigenvalue weighted by molar-refractivity contribution is -0.129. The quantitative estimate of drug-likeness (QED) is 0.774. The Labute approximate surface area is 157 Å². The average molecular weight is 372 g/mol. The van der Waals surface area contributed by atoms with Crippen LogP contribution in [0.2, 0.25) is 0 Å². The highest BCUT2D eigenvalue weighted by molar-refractivity contribution is 8.00. The maximum atomic E-state index is 13.0. The second kappa shape index (κ2) is 8.36. The second-order valence-electron chi connectivity index (χ2n) is 6.28. The van der Waals surface area contributed by atoms with E-state index in [0.29, 0.717) is 37.5 Å². The normalized spacial score (nSPS) is 14.4. The Kier molecular flexibility index (Phi) is 5.93. The number of nitrogens with zero attached hydrogens (tertiary/aromatic N) is 2. The minimum Gasteiger partial charge on any atom is -0.338 e. The molecule has 4 nitrogen and oxygen atoms in total. The Balaban J connectivity index is 1.48. The standard InChI is InChI=1S/C20H21FN2O2S/c1-15-2-8-18(9-3-15)26-14-19(24)22-10-12-23(13-11-22)20(25)16-4-6-17(21)7-5-16/h2-9H,10-14H2,1H3. The van der Waals surface area contributed by atoms with Crippen molar-refractivity contribution in [3.8, 4) is 0 Å². The van der Waals surface area contributed by atoms with Crippen LogP contribution in [0.25, 0.3) is 0 Å². The van der Waals surface area contributed by atoms with Gasteiger partial charge in [0.15, 0.2) is 0 Å². The number of halogens is 1. The summed E-state index contributed by atoms with van der Waals surface area (Å²) in [5, 5.41) is 0. The lowest BCUT2D eigenvalue weighted by atomic mass is 10.2. The lowest BCUT2D eigenvalue weighted by Gasteiger charge is -2.34. The molecule has 0 atom stereocenters. The fourth-order valence-electron chi connectivity index (χ4n) is 2.80. The van der Waals surface area contributed by atoms with Gasteiger partial charge in [0.05, 0.1) is 5.75 Å². The van der Waals surface area contributed by atoms with E-state index < -0.39 is 0 Å². The zero-order valence-corrected chi connectivity index (χ0v) is 15.5. The van der Waals surface area contributed by atoms with Crippen molar-refractivity contribution in [2.24, 2.45) is 0 Å². The Morgan fingerprint density at radius 3 is 2.12 bits per heavy atom. The third-order valence-electron chi connectivity index (χ3n) is 4.39. The topological polar surface area (TPSA) is 40.6 Å². The zero-order chi connectivity index (χ0) is 18.5. The van der Waals surface area contributed by atoms with E-state index in [1.807, 2.05) is 31.2 Å². The number of thioether (sulfide) groups is 1. The summed E-state index contributed by atoms with van der Waals surface area (Å²) >= 11 is 1.53. The van der Waals surface area contributed by atoms with Gasteiger partial charge in [0.1, 0.15) is 5.82 Å². The van der Waals surface area contributed by atoms with E-state index in [9.17, 15) is 14.0 Å². The van der Waals surface area contributed by atoms with Gasteiger partial charge in [-0.1, -0.05) is 17.7 Å². The molecule has 0 unspecified atom stereocenters. The monoisotopic (exact) mass is 372 g/mol. The molecule has 1 saturated heterocycles. The second-order valence-corrected chi connectivity index (χ2v) is 7.33. The molecule has 2 aromatic rings. The van der Waals surface area contributed by atoms with Crippen molar-refractivity contribution in [3.63, 3.8) is 0 Å².